The second-order valence-electron chi connectivity index (χ2n) is 7.11. The molecule has 1 amide bonds. The lowest BCUT2D eigenvalue weighted by molar-refractivity contribution is 0.101. The van der Waals surface area contributed by atoms with Crippen LogP contribution in [-0.2, 0) is 13.0 Å². The zero-order chi connectivity index (χ0) is 20.8. The van der Waals surface area contributed by atoms with E-state index in [1.54, 1.807) is 6.21 Å². The van der Waals surface area contributed by atoms with Crippen LogP contribution in [0.15, 0.2) is 71.7 Å². The van der Waals surface area contributed by atoms with Gasteiger partial charge in [0.2, 0.25) is 0 Å². The van der Waals surface area contributed by atoms with Crippen LogP contribution in [0.1, 0.15) is 40.2 Å². The van der Waals surface area contributed by atoms with Crippen LogP contribution in [0, 0.1) is 11.3 Å². The molecule has 0 aliphatic carbocycles. The summed E-state index contributed by atoms with van der Waals surface area (Å²) < 4.78 is 1.97. The Kier molecular flexibility index (Phi) is 5.86. The van der Waals surface area contributed by atoms with Crippen LogP contribution in [0.5, 0.6) is 0 Å². The van der Waals surface area contributed by atoms with Gasteiger partial charge in [0.05, 0.1) is 5.56 Å². The predicted octanol–water partition coefficient (Wildman–Crippen LogP) is 5.36. The molecule has 0 radical (unpaired) electrons. The zero-order valence-electron chi connectivity index (χ0n) is 16.6. The molecule has 0 atom stereocenters. The van der Waals surface area contributed by atoms with E-state index in [1.165, 1.54) is 0 Å². The Balaban J connectivity index is 1.70. The van der Waals surface area contributed by atoms with Gasteiger partial charge in [-0.3, -0.25) is 9.79 Å². The third-order valence-corrected chi connectivity index (χ3v) is 5.13. The Hall–Kier alpha value is -3.91. The van der Waals surface area contributed by atoms with Crippen molar-refractivity contribution in [3.05, 3.63) is 89.3 Å². The third-order valence-electron chi connectivity index (χ3n) is 5.13. The first-order valence-electron chi connectivity index (χ1n) is 10.1. The predicted molar refractivity (Wildman–Crippen MR) is 120 cm³/mol. The molecule has 30 heavy (non-hydrogen) atoms. The summed E-state index contributed by atoms with van der Waals surface area (Å²) in [5.74, 6) is -0.245. The summed E-state index contributed by atoms with van der Waals surface area (Å²) in [6.07, 6.45) is 8.18. The van der Waals surface area contributed by atoms with E-state index in [-0.39, 0.29) is 5.91 Å². The van der Waals surface area contributed by atoms with Crippen molar-refractivity contribution in [2.75, 3.05) is 5.32 Å². The van der Waals surface area contributed by atoms with Gasteiger partial charge in [0, 0.05) is 24.1 Å². The Labute approximate surface area is 176 Å². The maximum atomic E-state index is 13.2. The molecule has 0 unspecified atom stereocenters. The topological polar surface area (TPSA) is 70.2 Å². The Morgan fingerprint density at radius 2 is 1.80 bits per heavy atom. The zero-order valence-corrected chi connectivity index (χ0v) is 16.6. The molecule has 1 aliphatic heterocycles. The van der Waals surface area contributed by atoms with E-state index >= 15 is 0 Å². The summed E-state index contributed by atoms with van der Waals surface area (Å²) in [6, 6.07) is 21.5. The van der Waals surface area contributed by atoms with Crippen molar-refractivity contribution in [1.82, 2.24) is 4.57 Å². The van der Waals surface area contributed by atoms with Crippen LogP contribution in [0.25, 0.3) is 6.08 Å². The minimum atomic E-state index is -0.245. The minimum absolute atomic E-state index is 0.245. The van der Waals surface area contributed by atoms with Crippen molar-refractivity contribution in [2.45, 2.75) is 25.8 Å². The molecule has 1 N–H and O–H groups in total. The van der Waals surface area contributed by atoms with Crippen LogP contribution >= 0.6 is 0 Å². The highest BCUT2D eigenvalue weighted by Gasteiger charge is 2.28. The number of fused-ring (bicyclic) bond motifs is 1. The number of aromatic nitrogens is 1. The fraction of sp³-hybridized carbons (Fsp3) is 0.160. The van der Waals surface area contributed by atoms with E-state index in [9.17, 15) is 10.1 Å². The number of nitriles is 1. The lowest BCUT2D eigenvalue weighted by Crippen LogP contribution is -2.20. The number of carbonyl (C=O) groups is 1. The Morgan fingerprint density at radius 1 is 1.07 bits per heavy atom. The molecule has 2 heterocycles. The first-order chi connectivity index (χ1) is 14.8. The van der Waals surface area contributed by atoms with Gasteiger partial charge in [0.25, 0.3) is 5.91 Å². The van der Waals surface area contributed by atoms with Crippen molar-refractivity contribution >= 4 is 29.6 Å². The standard InChI is InChI=1S/C25H22N4O/c26-18-21-22-15-7-8-17-29(22)24(25(30)28-20-13-5-2-6-14-20)23(21)27-16-9-12-19-10-3-1-4-11-19/h1-6,9-14,16H,7-8,15,17H2,(H,28,30)/b12-9+,27-16?. The van der Waals surface area contributed by atoms with E-state index in [0.29, 0.717) is 22.6 Å². The number of benzene rings is 2. The number of amides is 1. The number of hydrogen-bond donors (Lipinski definition) is 1. The average Bonchev–Trinajstić information content (AvgIpc) is 3.11. The number of para-hydroxylation sites is 1. The van der Waals surface area contributed by atoms with Gasteiger partial charge in [-0.05, 0) is 43.0 Å². The lowest BCUT2D eigenvalue weighted by atomic mass is 10.1. The molecule has 0 bridgehead atoms. The normalized spacial score (nSPS) is 13.3. The molecular formula is C25H22N4O. The number of rotatable bonds is 5. The van der Waals surface area contributed by atoms with E-state index < -0.39 is 0 Å². The molecule has 0 saturated heterocycles. The van der Waals surface area contributed by atoms with Crippen molar-refractivity contribution in [1.29, 1.82) is 5.26 Å². The summed E-state index contributed by atoms with van der Waals surface area (Å²) >= 11 is 0. The van der Waals surface area contributed by atoms with Crippen molar-refractivity contribution in [3.63, 3.8) is 0 Å². The van der Waals surface area contributed by atoms with Gasteiger partial charge in [-0.15, -0.1) is 0 Å². The molecular weight excluding hydrogens is 372 g/mol. The van der Waals surface area contributed by atoms with Gasteiger partial charge in [-0.25, -0.2) is 0 Å². The lowest BCUT2D eigenvalue weighted by Gasteiger charge is -2.17. The molecule has 2 aromatic carbocycles. The van der Waals surface area contributed by atoms with Crippen LogP contribution in [0.3, 0.4) is 0 Å². The molecule has 148 valence electrons. The van der Waals surface area contributed by atoms with Gasteiger partial charge >= 0.3 is 0 Å². The number of nitrogens with one attached hydrogen (secondary N) is 1. The largest absolute Gasteiger partial charge is 0.337 e. The second-order valence-corrected chi connectivity index (χ2v) is 7.11. The van der Waals surface area contributed by atoms with E-state index in [4.69, 9.17) is 0 Å². The number of anilines is 1. The maximum Gasteiger partial charge on any atom is 0.274 e. The van der Waals surface area contributed by atoms with Gasteiger partial charge in [0.15, 0.2) is 0 Å². The van der Waals surface area contributed by atoms with Crippen molar-refractivity contribution in [2.24, 2.45) is 4.99 Å². The Morgan fingerprint density at radius 3 is 2.53 bits per heavy atom. The number of allylic oxidation sites excluding steroid dienone is 1. The summed E-state index contributed by atoms with van der Waals surface area (Å²) in [7, 11) is 0. The number of nitrogens with zero attached hydrogens (tertiary/aromatic N) is 3. The molecule has 1 aromatic heterocycles. The number of aliphatic imine (C=N–C) groups is 1. The molecule has 0 spiro atoms. The van der Waals surface area contributed by atoms with Gasteiger partial charge in [0.1, 0.15) is 17.5 Å². The summed E-state index contributed by atoms with van der Waals surface area (Å²) in [6.45, 7) is 0.719. The van der Waals surface area contributed by atoms with Crippen LogP contribution in [-0.4, -0.2) is 16.7 Å². The maximum absolute atomic E-state index is 13.2. The summed E-state index contributed by atoms with van der Waals surface area (Å²) in [4.78, 5) is 17.7. The monoisotopic (exact) mass is 394 g/mol. The van der Waals surface area contributed by atoms with Gasteiger partial charge in [-0.1, -0.05) is 54.6 Å². The molecule has 0 fully saturated rings. The van der Waals surface area contributed by atoms with Crippen LogP contribution in [0.4, 0.5) is 11.4 Å². The third kappa shape index (κ3) is 4.08. The fourth-order valence-electron chi connectivity index (χ4n) is 3.74. The van der Waals surface area contributed by atoms with Gasteiger partial charge in [-0.2, -0.15) is 5.26 Å². The minimum Gasteiger partial charge on any atom is -0.337 e. The number of hydrogen-bond acceptors (Lipinski definition) is 3. The molecule has 3 aromatic rings. The smallest absolute Gasteiger partial charge is 0.274 e. The first kappa shape index (κ1) is 19.4. The highest BCUT2D eigenvalue weighted by Crippen LogP contribution is 2.34. The van der Waals surface area contributed by atoms with Gasteiger partial charge < -0.3 is 9.88 Å². The van der Waals surface area contributed by atoms with Crippen molar-refractivity contribution in [3.8, 4) is 6.07 Å². The number of carbonyl (C=O) groups excluding carboxylic acids is 1. The van der Waals surface area contributed by atoms with E-state index in [0.717, 1.165) is 37.1 Å². The molecule has 5 heteroatoms. The first-order valence-corrected chi connectivity index (χ1v) is 10.1. The van der Waals surface area contributed by atoms with Crippen LogP contribution in [0.2, 0.25) is 0 Å². The van der Waals surface area contributed by atoms with Crippen molar-refractivity contribution < 1.29 is 4.79 Å². The van der Waals surface area contributed by atoms with E-state index in [1.807, 2.05) is 77.4 Å². The second kappa shape index (κ2) is 9.06. The average molecular weight is 394 g/mol. The molecule has 0 saturated carbocycles. The highest BCUT2D eigenvalue weighted by atomic mass is 16.2. The van der Waals surface area contributed by atoms with Crippen LogP contribution < -0.4 is 5.32 Å². The molecule has 1 aliphatic rings. The summed E-state index contributed by atoms with van der Waals surface area (Å²) in [5, 5.41) is 12.7. The fourth-order valence-corrected chi connectivity index (χ4v) is 3.74. The summed E-state index contributed by atoms with van der Waals surface area (Å²) in [5.41, 5.74) is 4.07. The quantitative estimate of drug-likeness (QED) is 0.592. The molecule has 5 nitrogen and oxygen atoms in total. The Bertz CT molecular complexity index is 1140. The molecule has 4 rings (SSSR count). The van der Waals surface area contributed by atoms with E-state index in [2.05, 4.69) is 16.4 Å². The SMILES string of the molecule is N#Cc1c(N=C/C=C/c2ccccc2)c(C(=O)Nc2ccccc2)n2c1CCCC2. The highest BCUT2D eigenvalue weighted by molar-refractivity contribution is 6.08.